The smallest absolute Gasteiger partial charge is 0.262 e. The van der Waals surface area contributed by atoms with Crippen molar-refractivity contribution in [2.24, 2.45) is 0 Å². The summed E-state index contributed by atoms with van der Waals surface area (Å²) in [5.74, 6) is 0.234. The maximum Gasteiger partial charge on any atom is 0.262 e. The fraction of sp³-hybridized carbons (Fsp3) is 0.550. The van der Waals surface area contributed by atoms with Gasteiger partial charge in [-0.3, -0.25) is 14.2 Å². The summed E-state index contributed by atoms with van der Waals surface area (Å²) in [5.41, 5.74) is 0.651. The van der Waals surface area contributed by atoms with Crippen molar-refractivity contribution in [1.29, 1.82) is 0 Å². The van der Waals surface area contributed by atoms with Crippen molar-refractivity contribution in [2.75, 3.05) is 45.1 Å². The molecule has 0 aliphatic carbocycles. The molecule has 2 heterocycles. The molecule has 1 fully saturated rings. The predicted molar refractivity (Wildman–Crippen MR) is 111 cm³/mol. The van der Waals surface area contributed by atoms with E-state index in [1.54, 1.807) is 4.57 Å². The van der Waals surface area contributed by atoms with Gasteiger partial charge < -0.3 is 15.0 Å². The van der Waals surface area contributed by atoms with E-state index in [9.17, 15) is 9.59 Å². The Morgan fingerprint density at radius 2 is 2.11 bits per heavy atom. The molecule has 0 unspecified atom stereocenters. The Hall–Kier alpha value is -1.90. The second kappa shape index (κ2) is 10.6. The summed E-state index contributed by atoms with van der Waals surface area (Å²) in [6, 6.07) is 7.40. The number of nitrogens with one attached hydrogen (secondary N) is 2. The van der Waals surface area contributed by atoms with Gasteiger partial charge >= 0.3 is 0 Å². The third-order valence-electron chi connectivity index (χ3n) is 4.84. The number of hydrogen-bond acceptors (Lipinski definition) is 5. The molecule has 1 amide bonds. The number of quaternary nitrogens is 1. The van der Waals surface area contributed by atoms with Gasteiger partial charge in [-0.05, 0) is 18.6 Å². The van der Waals surface area contributed by atoms with Gasteiger partial charge in [0.1, 0.15) is 13.1 Å². The van der Waals surface area contributed by atoms with Crippen molar-refractivity contribution < 1.29 is 14.4 Å². The molecule has 28 heavy (non-hydrogen) atoms. The molecular formula is C20H29N4O3S+. The molecule has 0 radical (unpaired) electrons. The first-order valence-electron chi connectivity index (χ1n) is 9.99. The van der Waals surface area contributed by atoms with E-state index < -0.39 is 0 Å². The highest BCUT2D eigenvalue weighted by Crippen LogP contribution is 2.17. The number of rotatable bonds is 9. The minimum atomic E-state index is -0.0291. The number of para-hydroxylation sites is 1. The second-order valence-electron chi connectivity index (χ2n) is 6.97. The van der Waals surface area contributed by atoms with Gasteiger partial charge in [-0.15, -0.1) is 0 Å². The van der Waals surface area contributed by atoms with Crippen molar-refractivity contribution in [2.45, 2.75) is 31.5 Å². The van der Waals surface area contributed by atoms with Crippen LogP contribution in [0, 0.1) is 0 Å². The maximum absolute atomic E-state index is 13.0. The largest absolute Gasteiger partial charge is 0.370 e. The standard InChI is InChI=1S/C20H28N4O3S/c1-2-8-21-18(25)15-28-20-22-17-7-4-3-6-16(17)19(26)24(20)10-5-9-23-11-13-27-14-12-23/h3-4,6-7H,2,5,8-15H2,1H3,(H,21,25)/p+1. The fourth-order valence-electron chi connectivity index (χ4n) is 3.30. The van der Waals surface area contributed by atoms with Crippen LogP contribution in [0.25, 0.3) is 10.9 Å². The Labute approximate surface area is 169 Å². The van der Waals surface area contributed by atoms with Gasteiger partial charge in [0.15, 0.2) is 5.16 Å². The fourth-order valence-corrected chi connectivity index (χ4v) is 4.15. The van der Waals surface area contributed by atoms with E-state index in [1.807, 2.05) is 31.2 Å². The number of carbonyl (C=O) groups is 1. The number of nitrogens with zero attached hydrogens (tertiary/aromatic N) is 2. The number of thioether (sulfide) groups is 1. The van der Waals surface area contributed by atoms with E-state index in [0.29, 0.717) is 29.1 Å². The van der Waals surface area contributed by atoms with Crippen LogP contribution in [0.5, 0.6) is 0 Å². The van der Waals surface area contributed by atoms with Crippen LogP contribution in [0.2, 0.25) is 0 Å². The molecule has 2 N–H and O–H groups in total. The Bertz CT molecular complexity index is 849. The molecule has 8 heteroatoms. The molecule has 1 aromatic heterocycles. The first-order chi connectivity index (χ1) is 13.7. The molecule has 2 aromatic rings. The van der Waals surface area contributed by atoms with Crippen LogP contribution in [0.3, 0.4) is 0 Å². The highest BCUT2D eigenvalue weighted by atomic mass is 32.2. The Morgan fingerprint density at radius 1 is 1.32 bits per heavy atom. The number of fused-ring (bicyclic) bond motifs is 1. The molecule has 0 bridgehead atoms. The molecule has 0 saturated carbocycles. The third-order valence-corrected chi connectivity index (χ3v) is 5.82. The van der Waals surface area contributed by atoms with Crippen molar-refractivity contribution in [3.63, 3.8) is 0 Å². The topological polar surface area (TPSA) is 77.7 Å². The van der Waals surface area contributed by atoms with E-state index in [-0.39, 0.29) is 17.2 Å². The summed E-state index contributed by atoms with van der Waals surface area (Å²) >= 11 is 1.33. The van der Waals surface area contributed by atoms with Crippen LogP contribution in [0.4, 0.5) is 0 Å². The van der Waals surface area contributed by atoms with Crippen LogP contribution in [0.15, 0.2) is 34.2 Å². The molecule has 7 nitrogen and oxygen atoms in total. The Morgan fingerprint density at radius 3 is 2.89 bits per heavy atom. The number of morpholine rings is 1. The van der Waals surface area contributed by atoms with E-state index >= 15 is 0 Å². The summed E-state index contributed by atoms with van der Waals surface area (Å²) in [7, 11) is 0. The highest BCUT2D eigenvalue weighted by molar-refractivity contribution is 7.99. The van der Waals surface area contributed by atoms with E-state index in [4.69, 9.17) is 4.74 Å². The highest BCUT2D eigenvalue weighted by Gasteiger charge is 2.16. The van der Waals surface area contributed by atoms with Crippen molar-refractivity contribution in [1.82, 2.24) is 14.9 Å². The lowest BCUT2D eigenvalue weighted by molar-refractivity contribution is -0.908. The van der Waals surface area contributed by atoms with Crippen LogP contribution in [0.1, 0.15) is 19.8 Å². The van der Waals surface area contributed by atoms with Gasteiger partial charge in [-0.1, -0.05) is 30.8 Å². The van der Waals surface area contributed by atoms with Gasteiger partial charge in [-0.25, -0.2) is 4.98 Å². The quantitative estimate of drug-likeness (QED) is 0.464. The zero-order valence-corrected chi connectivity index (χ0v) is 17.2. The van der Waals surface area contributed by atoms with Crippen LogP contribution < -0.4 is 15.8 Å². The lowest BCUT2D eigenvalue weighted by Gasteiger charge is -2.24. The number of carbonyl (C=O) groups excluding carboxylic acids is 1. The molecular weight excluding hydrogens is 376 g/mol. The summed E-state index contributed by atoms with van der Waals surface area (Å²) in [6.07, 6.45) is 1.80. The Kier molecular flexibility index (Phi) is 7.88. The normalized spacial score (nSPS) is 15.0. The average molecular weight is 406 g/mol. The van der Waals surface area contributed by atoms with Crippen molar-refractivity contribution in [3.8, 4) is 0 Å². The van der Waals surface area contributed by atoms with Crippen LogP contribution >= 0.6 is 11.8 Å². The first-order valence-corrected chi connectivity index (χ1v) is 11.0. The zero-order chi connectivity index (χ0) is 19.8. The minimum absolute atomic E-state index is 0.0287. The molecule has 3 rings (SSSR count). The van der Waals surface area contributed by atoms with Crippen molar-refractivity contribution >= 4 is 28.6 Å². The van der Waals surface area contributed by atoms with Crippen LogP contribution in [-0.4, -0.2) is 60.6 Å². The monoisotopic (exact) mass is 405 g/mol. The molecule has 152 valence electrons. The van der Waals surface area contributed by atoms with Gasteiger partial charge in [0.25, 0.3) is 5.56 Å². The average Bonchev–Trinajstić information content (AvgIpc) is 2.73. The number of benzene rings is 1. The molecule has 1 saturated heterocycles. The van der Waals surface area contributed by atoms with E-state index in [2.05, 4.69) is 10.3 Å². The lowest BCUT2D eigenvalue weighted by atomic mass is 10.2. The molecule has 1 aliphatic rings. The van der Waals surface area contributed by atoms with Gasteiger partial charge in [-0.2, -0.15) is 0 Å². The minimum Gasteiger partial charge on any atom is -0.370 e. The summed E-state index contributed by atoms with van der Waals surface area (Å²) in [6.45, 7) is 7.95. The van der Waals surface area contributed by atoms with E-state index in [1.165, 1.54) is 16.7 Å². The lowest BCUT2D eigenvalue weighted by Crippen LogP contribution is -3.14. The number of amides is 1. The summed E-state index contributed by atoms with van der Waals surface area (Å²) in [5, 5.41) is 4.11. The third kappa shape index (κ3) is 5.56. The number of aromatic nitrogens is 2. The van der Waals surface area contributed by atoms with Gasteiger partial charge in [0.05, 0.1) is 36.4 Å². The van der Waals surface area contributed by atoms with E-state index in [0.717, 1.165) is 45.7 Å². The maximum atomic E-state index is 13.0. The van der Waals surface area contributed by atoms with Crippen LogP contribution in [-0.2, 0) is 16.1 Å². The molecule has 0 spiro atoms. The zero-order valence-electron chi connectivity index (χ0n) is 16.4. The SMILES string of the molecule is CCCNC(=O)CSc1nc2ccccc2c(=O)n1CCC[NH+]1CCOCC1. The number of ether oxygens (including phenoxy) is 1. The first kappa shape index (κ1) is 20.8. The van der Waals surface area contributed by atoms with Crippen molar-refractivity contribution in [3.05, 3.63) is 34.6 Å². The predicted octanol–water partition coefficient (Wildman–Crippen LogP) is 0.320. The molecule has 0 atom stereocenters. The molecule has 1 aromatic carbocycles. The van der Waals surface area contributed by atoms with Gasteiger partial charge in [0, 0.05) is 19.5 Å². The number of hydrogen-bond donors (Lipinski definition) is 2. The summed E-state index contributed by atoms with van der Waals surface area (Å²) < 4.78 is 7.14. The second-order valence-corrected chi connectivity index (χ2v) is 7.92. The Balaban J connectivity index is 1.74. The summed E-state index contributed by atoms with van der Waals surface area (Å²) in [4.78, 5) is 31.2. The van der Waals surface area contributed by atoms with Gasteiger partial charge in [0.2, 0.25) is 5.91 Å². The molecule has 1 aliphatic heterocycles.